The van der Waals surface area contributed by atoms with Crippen LogP contribution in [0.25, 0.3) is 16.7 Å². The number of nitrogens with zero attached hydrogens (tertiary/aromatic N) is 5. The number of ether oxygens (including phenoxy) is 1. The maximum atomic E-state index is 14.1. The van der Waals surface area contributed by atoms with Crippen LogP contribution in [0.15, 0.2) is 36.8 Å². The van der Waals surface area contributed by atoms with Crippen molar-refractivity contribution in [1.29, 1.82) is 0 Å². The Balaban J connectivity index is 1.78. The Morgan fingerprint density at radius 2 is 1.80 bits per heavy atom. The number of hydrogen-bond donors (Lipinski definition) is 0. The number of carbonyl (C=O) groups is 1. The van der Waals surface area contributed by atoms with Crippen molar-refractivity contribution in [1.82, 2.24) is 19.4 Å². The Hall–Kier alpha value is -3.37. The highest BCUT2D eigenvalue weighted by molar-refractivity contribution is 5.93. The third kappa shape index (κ3) is 4.89. The van der Waals surface area contributed by atoms with Crippen molar-refractivity contribution in [2.75, 3.05) is 18.0 Å². The normalized spacial score (nSPS) is 19.3. The number of halogens is 4. The minimum Gasteiger partial charge on any atom is -0.444 e. The first-order valence-electron chi connectivity index (χ1n) is 11.2. The number of fused-ring (bicyclic) bond motifs is 1. The minimum absolute atomic E-state index is 0.0161. The van der Waals surface area contributed by atoms with Gasteiger partial charge in [-0.1, -0.05) is 6.07 Å². The maximum absolute atomic E-state index is 14.1. The average Bonchev–Trinajstić information content (AvgIpc) is 3.14. The van der Waals surface area contributed by atoms with Crippen LogP contribution < -0.4 is 4.90 Å². The Bertz CT molecular complexity index is 1250. The molecule has 0 radical (unpaired) electrons. The summed E-state index contributed by atoms with van der Waals surface area (Å²) in [6.07, 6.45) is -3.05. The third-order valence-electron chi connectivity index (χ3n) is 5.84. The Morgan fingerprint density at radius 3 is 2.43 bits per heavy atom. The molecule has 1 aromatic carbocycles. The summed E-state index contributed by atoms with van der Waals surface area (Å²) in [5.74, 6) is -0.464. The Labute approximate surface area is 200 Å². The van der Waals surface area contributed by atoms with Gasteiger partial charge in [-0.05, 0) is 52.8 Å². The highest BCUT2D eigenvalue weighted by Crippen LogP contribution is 2.41. The molecule has 188 valence electrons. The Morgan fingerprint density at radius 1 is 1.09 bits per heavy atom. The first-order chi connectivity index (χ1) is 16.3. The van der Waals surface area contributed by atoms with Gasteiger partial charge in [-0.2, -0.15) is 13.2 Å². The van der Waals surface area contributed by atoms with E-state index in [2.05, 4.69) is 9.97 Å². The summed E-state index contributed by atoms with van der Waals surface area (Å²) < 4.78 is 63.0. The van der Waals surface area contributed by atoms with E-state index in [4.69, 9.17) is 4.74 Å². The molecule has 0 N–H and O–H groups in total. The van der Waals surface area contributed by atoms with Crippen molar-refractivity contribution in [3.8, 4) is 5.69 Å². The number of carbonyl (C=O) groups excluding carboxylic acids is 1. The molecule has 4 rings (SSSR count). The molecule has 2 atom stereocenters. The maximum Gasteiger partial charge on any atom is 0.418 e. The standard InChI is InChI=1S/C24H27F4N5O2/c1-14-11-32(22(34)35-23(3,4)5)15(2)10-31(14)20-19-18(24(26,27)28)12-33(21(19)30-13-29-20)17-8-6-7-16(25)9-17/h6-9,12-15H,10-11H2,1-5H3/t14?,15-/m0/s1. The molecule has 1 aliphatic heterocycles. The second-order valence-electron chi connectivity index (χ2n) is 9.77. The zero-order valence-corrected chi connectivity index (χ0v) is 20.1. The lowest BCUT2D eigenvalue weighted by Crippen LogP contribution is -2.59. The second kappa shape index (κ2) is 8.69. The summed E-state index contributed by atoms with van der Waals surface area (Å²) in [5.41, 5.74) is -1.35. The molecule has 2 aromatic heterocycles. The molecular formula is C24H27F4N5O2. The van der Waals surface area contributed by atoms with E-state index in [1.54, 1.807) is 30.6 Å². The molecule has 1 saturated heterocycles. The fourth-order valence-corrected chi connectivity index (χ4v) is 4.30. The zero-order chi connectivity index (χ0) is 25.7. The van der Waals surface area contributed by atoms with E-state index in [1.807, 2.05) is 13.8 Å². The largest absolute Gasteiger partial charge is 0.444 e. The summed E-state index contributed by atoms with van der Waals surface area (Å²) in [5, 5.41) is -0.172. The van der Waals surface area contributed by atoms with Crippen molar-refractivity contribution < 1.29 is 27.1 Å². The highest BCUT2D eigenvalue weighted by Gasteiger charge is 2.40. The lowest BCUT2D eigenvalue weighted by Gasteiger charge is -2.44. The summed E-state index contributed by atoms with van der Waals surface area (Å²) in [4.78, 5) is 24.4. The van der Waals surface area contributed by atoms with Crippen LogP contribution in [-0.4, -0.2) is 56.3 Å². The van der Waals surface area contributed by atoms with Gasteiger partial charge in [-0.15, -0.1) is 0 Å². The zero-order valence-electron chi connectivity index (χ0n) is 20.1. The van der Waals surface area contributed by atoms with Gasteiger partial charge in [-0.3, -0.25) is 0 Å². The minimum atomic E-state index is -4.69. The van der Waals surface area contributed by atoms with Crippen molar-refractivity contribution >= 4 is 22.9 Å². The van der Waals surface area contributed by atoms with E-state index < -0.39 is 29.3 Å². The molecule has 0 saturated carbocycles. The van der Waals surface area contributed by atoms with Crippen molar-refractivity contribution in [3.63, 3.8) is 0 Å². The summed E-state index contributed by atoms with van der Waals surface area (Å²) in [7, 11) is 0. The van der Waals surface area contributed by atoms with E-state index in [0.29, 0.717) is 0 Å². The quantitative estimate of drug-likeness (QED) is 0.447. The summed E-state index contributed by atoms with van der Waals surface area (Å²) in [6.45, 7) is 9.43. The van der Waals surface area contributed by atoms with Crippen LogP contribution in [0.5, 0.6) is 0 Å². The number of piperazine rings is 1. The van der Waals surface area contributed by atoms with Crippen molar-refractivity contribution in [2.24, 2.45) is 0 Å². The molecule has 1 fully saturated rings. The highest BCUT2D eigenvalue weighted by atomic mass is 19.4. The van der Waals surface area contributed by atoms with E-state index in [0.717, 1.165) is 12.3 Å². The number of anilines is 1. The van der Waals surface area contributed by atoms with Gasteiger partial charge >= 0.3 is 12.3 Å². The SMILES string of the molecule is CC1CN(C(=O)OC(C)(C)C)[C@@H](C)CN1c1ncnc2c1c(C(F)(F)F)cn2-c1cccc(F)c1. The topological polar surface area (TPSA) is 63.5 Å². The summed E-state index contributed by atoms with van der Waals surface area (Å²) >= 11 is 0. The molecule has 3 aromatic rings. The fourth-order valence-electron chi connectivity index (χ4n) is 4.30. The monoisotopic (exact) mass is 493 g/mol. The number of amides is 1. The van der Waals surface area contributed by atoms with Crippen LogP contribution in [-0.2, 0) is 10.9 Å². The molecule has 7 nitrogen and oxygen atoms in total. The van der Waals surface area contributed by atoms with Gasteiger partial charge in [0.25, 0.3) is 0 Å². The van der Waals surface area contributed by atoms with E-state index >= 15 is 0 Å². The van der Waals surface area contributed by atoms with Gasteiger partial charge in [0.05, 0.1) is 10.9 Å². The molecule has 35 heavy (non-hydrogen) atoms. The van der Waals surface area contributed by atoms with E-state index in [-0.39, 0.29) is 47.7 Å². The molecule has 11 heteroatoms. The average molecular weight is 494 g/mol. The van der Waals surface area contributed by atoms with Crippen LogP contribution in [0.2, 0.25) is 0 Å². The summed E-state index contributed by atoms with van der Waals surface area (Å²) in [6, 6.07) is 4.60. The van der Waals surface area contributed by atoms with E-state index in [9.17, 15) is 22.4 Å². The smallest absolute Gasteiger partial charge is 0.418 e. The molecule has 0 spiro atoms. The van der Waals surface area contributed by atoms with Gasteiger partial charge in [0, 0.05) is 37.1 Å². The van der Waals surface area contributed by atoms with Crippen LogP contribution >= 0.6 is 0 Å². The number of hydrogen-bond acceptors (Lipinski definition) is 5. The number of benzene rings is 1. The second-order valence-corrected chi connectivity index (χ2v) is 9.77. The fraction of sp³-hybridized carbons (Fsp3) is 0.458. The van der Waals surface area contributed by atoms with E-state index in [1.165, 1.54) is 29.1 Å². The lowest BCUT2D eigenvalue weighted by molar-refractivity contribution is -0.136. The Kier molecular flexibility index (Phi) is 6.14. The molecule has 3 heterocycles. The lowest BCUT2D eigenvalue weighted by atomic mass is 10.1. The molecule has 0 bridgehead atoms. The molecule has 1 aliphatic rings. The van der Waals surface area contributed by atoms with Gasteiger partial charge in [-0.25, -0.2) is 19.2 Å². The van der Waals surface area contributed by atoms with Crippen LogP contribution in [0.3, 0.4) is 0 Å². The van der Waals surface area contributed by atoms with Crippen molar-refractivity contribution in [3.05, 3.63) is 48.2 Å². The molecule has 1 unspecified atom stereocenters. The van der Waals surface area contributed by atoms with Gasteiger partial charge in [0.2, 0.25) is 0 Å². The third-order valence-corrected chi connectivity index (χ3v) is 5.84. The van der Waals surface area contributed by atoms with Crippen LogP contribution in [0.4, 0.5) is 28.2 Å². The van der Waals surface area contributed by atoms with Crippen LogP contribution in [0.1, 0.15) is 40.2 Å². The number of rotatable bonds is 2. The predicted octanol–water partition coefficient (Wildman–Crippen LogP) is 5.41. The van der Waals surface area contributed by atoms with Gasteiger partial charge < -0.3 is 19.1 Å². The molecule has 1 amide bonds. The predicted molar refractivity (Wildman–Crippen MR) is 123 cm³/mol. The van der Waals surface area contributed by atoms with Gasteiger partial charge in [0.15, 0.2) is 5.65 Å². The van der Waals surface area contributed by atoms with Crippen molar-refractivity contribution in [2.45, 2.75) is 58.5 Å². The first-order valence-corrected chi connectivity index (χ1v) is 11.2. The molecule has 0 aliphatic carbocycles. The van der Waals surface area contributed by atoms with Gasteiger partial charge in [0.1, 0.15) is 23.6 Å². The number of aromatic nitrogens is 3. The van der Waals surface area contributed by atoms with Crippen LogP contribution in [0, 0.1) is 5.82 Å². The molecular weight excluding hydrogens is 466 g/mol. The number of alkyl halides is 3. The first kappa shape index (κ1) is 24.7.